The molecule has 0 spiro atoms. The number of hydrogen-bond acceptors (Lipinski definition) is 2. The SMILES string of the molecule is CC(C)[Si](OCCCCC(O)/C=C(\I)CI)(C(C)C)C(C)C. The first-order chi connectivity index (χ1) is 10.2. The Bertz CT molecular complexity index is 309. The molecule has 132 valence electrons. The number of allylic oxidation sites excluding steroid dienone is 1. The summed E-state index contributed by atoms with van der Waals surface area (Å²) in [6, 6.07) is 0. The van der Waals surface area contributed by atoms with Crippen LogP contribution in [-0.2, 0) is 4.43 Å². The second kappa shape index (κ2) is 11.8. The van der Waals surface area contributed by atoms with E-state index in [2.05, 4.69) is 86.7 Å². The van der Waals surface area contributed by atoms with E-state index in [-0.39, 0.29) is 6.10 Å². The van der Waals surface area contributed by atoms with Crippen LogP contribution < -0.4 is 0 Å². The molecular formula is C17H34I2O2Si. The molecule has 0 aromatic carbocycles. The molecule has 0 saturated carbocycles. The zero-order valence-electron chi connectivity index (χ0n) is 15.0. The fourth-order valence-corrected chi connectivity index (χ4v) is 9.71. The third-order valence-electron chi connectivity index (χ3n) is 4.45. The number of hydrogen-bond donors (Lipinski definition) is 1. The van der Waals surface area contributed by atoms with Crippen molar-refractivity contribution in [2.45, 2.75) is 83.5 Å². The summed E-state index contributed by atoms with van der Waals surface area (Å²) in [5.41, 5.74) is 1.93. The Morgan fingerprint density at radius 3 is 1.95 bits per heavy atom. The van der Waals surface area contributed by atoms with Gasteiger partial charge in [0.1, 0.15) is 0 Å². The molecule has 0 saturated heterocycles. The topological polar surface area (TPSA) is 29.5 Å². The van der Waals surface area contributed by atoms with Gasteiger partial charge in [-0.15, -0.1) is 0 Å². The number of rotatable bonds is 11. The van der Waals surface area contributed by atoms with Gasteiger partial charge in [0.05, 0.1) is 6.10 Å². The quantitative estimate of drug-likeness (QED) is 0.138. The maximum Gasteiger partial charge on any atom is 0.200 e. The molecule has 2 nitrogen and oxygen atoms in total. The van der Waals surface area contributed by atoms with Crippen LogP contribution >= 0.6 is 45.2 Å². The third-order valence-corrected chi connectivity index (χ3v) is 13.6. The summed E-state index contributed by atoms with van der Waals surface area (Å²) in [6.45, 7) is 14.8. The molecule has 0 aliphatic heterocycles. The van der Waals surface area contributed by atoms with Gasteiger partial charge in [0.25, 0.3) is 0 Å². The van der Waals surface area contributed by atoms with Crippen LogP contribution in [0.25, 0.3) is 0 Å². The van der Waals surface area contributed by atoms with Crippen molar-refractivity contribution in [3.8, 4) is 0 Å². The van der Waals surface area contributed by atoms with Crippen molar-refractivity contribution in [2.24, 2.45) is 0 Å². The molecule has 0 bridgehead atoms. The van der Waals surface area contributed by atoms with Gasteiger partial charge in [0.2, 0.25) is 0 Å². The third kappa shape index (κ3) is 7.48. The summed E-state index contributed by atoms with van der Waals surface area (Å²) in [7, 11) is -1.71. The highest BCUT2D eigenvalue weighted by Crippen LogP contribution is 2.42. The monoisotopic (exact) mass is 552 g/mol. The maximum atomic E-state index is 9.96. The molecule has 0 fully saturated rings. The lowest BCUT2D eigenvalue weighted by Gasteiger charge is -2.42. The van der Waals surface area contributed by atoms with Gasteiger partial charge in [-0.3, -0.25) is 0 Å². The van der Waals surface area contributed by atoms with E-state index in [1.54, 1.807) is 0 Å². The second-order valence-electron chi connectivity index (χ2n) is 6.98. The Labute approximate surface area is 166 Å². The molecule has 0 radical (unpaired) electrons. The summed E-state index contributed by atoms with van der Waals surface area (Å²) < 4.78 is 8.74. The van der Waals surface area contributed by atoms with Crippen molar-refractivity contribution in [2.75, 3.05) is 11.0 Å². The molecule has 0 rings (SSSR count). The van der Waals surface area contributed by atoms with Crippen LogP contribution in [-0.4, -0.2) is 30.6 Å². The van der Waals surface area contributed by atoms with Crippen molar-refractivity contribution >= 4 is 53.5 Å². The van der Waals surface area contributed by atoms with Gasteiger partial charge in [-0.1, -0.05) is 64.1 Å². The van der Waals surface area contributed by atoms with Crippen LogP contribution in [0.1, 0.15) is 60.8 Å². The average Bonchev–Trinajstić information content (AvgIpc) is 2.41. The lowest BCUT2D eigenvalue weighted by atomic mass is 10.1. The van der Waals surface area contributed by atoms with Crippen LogP contribution in [0.4, 0.5) is 0 Å². The number of halogens is 2. The van der Waals surface area contributed by atoms with E-state index in [0.717, 1.165) is 30.3 Å². The van der Waals surface area contributed by atoms with Crippen LogP contribution in [0, 0.1) is 0 Å². The predicted molar refractivity (Wildman–Crippen MR) is 118 cm³/mol. The number of aliphatic hydroxyl groups excluding tert-OH is 1. The van der Waals surface area contributed by atoms with E-state index in [0.29, 0.717) is 16.6 Å². The van der Waals surface area contributed by atoms with Crippen molar-refractivity contribution in [3.05, 3.63) is 9.66 Å². The molecule has 1 atom stereocenters. The Morgan fingerprint density at radius 1 is 1.05 bits per heavy atom. The standard InChI is InChI=1S/C17H34I2O2Si/c1-13(2)22(14(3)4,15(5)6)21-10-8-7-9-17(20)11-16(19)12-18/h11,13-15,17,20H,7-10,12H2,1-6H3/b16-11-. The van der Waals surface area contributed by atoms with Gasteiger partial charge in [0.15, 0.2) is 8.32 Å². The van der Waals surface area contributed by atoms with E-state index in [9.17, 15) is 5.11 Å². The summed E-state index contributed by atoms with van der Waals surface area (Å²) in [6.07, 6.45) is 4.59. The van der Waals surface area contributed by atoms with E-state index in [1.807, 2.05) is 6.08 Å². The zero-order valence-corrected chi connectivity index (χ0v) is 20.3. The van der Waals surface area contributed by atoms with E-state index < -0.39 is 8.32 Å². The van der Waals surface area contributed by atoms with Crippen LogP contribution in [0.3, 0.4) is 0 Å². The molecule has 0 heterocycles. The summed E-state index contributed by atoms with van der Waals surface area (Å²) >= 11 is 4.62. The second-order valence-corrected chi connectivity index (χ2v) is 14.6. The van der Waals surface area contributed by atoms with E-state index >= 15 is 0 Å². The average molecular weight is 552 g/mol. The lowest BCUT2D eigenvalue weighted by Crippen LogP contribution is -2.47. The molecule has 22 heavy (non-hydrogen) atoms. The van der Waals surface area contributed by atoms with Crippen molar-refractivity contribution in [1.82, 2.24) is 0 Å². The first-order valence-electron chi connectivity index (χ1n) is 8.42. The fourth-order valence-electron chi connectivity index (χ4n) is 3.54. The van der Waals surface area contributed by atoms with Crippen LogP contribution in [0.5, 0.6) is 0 Å². The van der Waals surface area contributed by atoms with Crippen molar-refractivity contribution in [3.63, 3.8) is 0 Å². The molecule has 0 aliphatic carbocycles. The number of unbranched alkanes of at least 4 members (excludes halogenated alkanes) is 1. The number of alkyl halides is 1. The first kappa shape index (κ1) is 23.3. The molecular weight excluding hydrogens is 518 g/mol. The molecule has 0 aromatic heterocycles. The fraction of sp³-hybridized carbons (Fsp3) is 0.882. The molecule has 0 amide bonds. The van der Waals surface area contributed by atoms with E-state index in [4.69, 9.17) is 4.43 Å². The largest absolute Gasteiger partial charge is 0.416 e. The molecule has 1 N–H and O–H groups in total. The van der Waals surface area contributed by atoms with Gasteiger partial charge in [-0.05, 0) is 68.1 Å². The minimum Gasteiger partial charge on any atom is -0.416 e. The Hall–Kier alpha value is 1.34. The Balaban J connectivity index is 4.32. The number of aliphatic hydroxyl groups is 1. The Morgan fingerprint density at radius 2 is 1.55 bits per heavy atom. The minimum atomic E-state index is -1.71. The smallest absolute Gasteiger partial charge is 0.200 e. The maximum absolute atomic E-state index is 9.96. The summed E-state index contributed by atoms with van der Waals surface area (Å²) in [4.78, 5) is 0. The Kier molecular flexibility index (Phi) is 12.5. The van der Waals surface area contributed by atoms with Crippen molar-refractivity contribution in [1.29, 1.82) is 0 Å². The van der Waals surface area contributed by atoms with Gasteiger partial charge in [-0.2, -0.15) is 0 Å². The molecule has 1 unspecified atom stereocenters. The van der Waals surface area contributed by atoms with Gasteiger partial charge >= 0.3 is 0 Å². The van der Waals surface area contributed by atoms with Crippen LogP contribution in [0.15, 0.2) is 9.66 Å². The summed E-state index contributed by atoms with van der Waals surface area (Å²) in [5, 5.41) is 9.96. The van der Waals surface area contributed by atoms with Gasteiger partial charge < -0.3 is 9.53 Å². The molecule has 5 heteroatoms. The van der Waals surface area contributed by atoms with Gasteiger partial charge in [0, 0.05) is 11.0 Å². The van der Waals surface area contributed by atoms with E-state index in [1.165, 1.54) is 3.58 Å². The highest BCUT2D eigenvalue weighted by atomic mass is 127. The highest BCUT2D eigenvalue weighted by molar-refractivity contribution is 14.1. The zero-order chi connectivity index (χ0) is 17.3. The van der Waals surface area contributed by atoms with Crippen molar-refractivity contribution < 1.29 is 9.53 Å². The molecule has 0 aromatic rings. The summed E-state index contributed by atoms with van der Waals surface area (Å²) in [5.74, 6) is 0. The minimum absolute atomic E-state index is 0.302. The first-order valence-corrected chi connectivity index (χ1v) is 13.2. The lowest BCUT2D eigenvalue weighted by molar-refractivity contribution is 0.200. The van der Waals surface area contributed by atoms with Crippen LogP contribution in [0.2, 0.25) is 16.6 Å². The highest BCUT2D eigenvalue weighted by Gasteiger charge is 2.44. The molecule has 0 aliphatic rings. The van der Waals surface area contributed by atoms with Gasteiger partial charge in [-0.25, -0.2) is 0 Å². The normalized spacial score (nSPS) is 15.2. The predicted octanol–water partition coefficient (Wildman–Crippen LogP) is 6.46.